The van der Waals surface area contributed by atoms with Gasteiger partial charge < -0.3 is 14.2 Å². The Hall–Kier alpha value is -2.97. The van der Waals surface area contributed by atoms with Crippen molar-refractivity contribution in [3.05, 3.63) is 23.9 Å². The lowest BCUT2D eigenvalue weighted by molar-refractivity contribution is 0.0288. The summed E-state index contributed by atoms with van der Waals surface area (Å²) < 4.78 is 7.47. The van der Waals surface area contributed by atoms with Crippen LogP contribution in [0.1, 0.15) is 38.6 Å². The molecule has 0 aromatic carbocycles. The summed E-state index contributed by atoms with van der Waals surface area (Å²) >= 11 is 0. The van der Waals surface area contributed by atoms with Crippen molar-refractivity contribution in [3.63, 3.8) is 0 Å². The summed E-state index contributed by atoms with van der Waals surface area (Å²) in [5, 5.41) is 7.06. The van der Waals surface area contributed by atoms with E-state index >= 15 is 0 Å². The fourth-order valence-corrected chi connectivity index (χ4v) is 3.78. The van der Waals surface area contributed by atoms with E-state index in [0.717, 1.165) is 46.8 Å². The second kappa shape index (κ2) is 7.13. The first-order chi connectivity index (χ1) is 13.7. The highest BCUT2D eigenvalue weighted by molar-refractivity contribution is 5.79. The van der Waals surface area contributed by atoms with Crippen molar-refractivity contribution in [2.45, 2.75) is 46.1 Å². The predicted molar refractivity (Wildman–Crippen MR) is 108 cm³/mol. The topological polar surface area (TPSA) is 102 Å². The number of carbonyl (C=O) groups is 1. The van der Waals surface area contributed by atoms with Crippen LogP contribution in [0.5, 0.6) is 0 Å². The number of ether oxygens (including phenoxy) is 1. The quantitative estimate of drug-likeness (QED) is 0.729. The summed E-state index contributed by atoms with van der Waals surface area (Å²) in [6, 6.07) is 0. The van der Waals surface area contributed by atoms with Crippen molar-refractivity contribution in [2.24, 2.45) is 13.0 Å². The third kappa shape index (κ3) is 3.81. The van der Waals surface area contributed by atoms with E-state index in [1.165, 1.54) is 0 Å². The Morgan fingerprint density at radius 1 is 1.34 bits per heavy atom. The number of nitrogens with one attached hydrogen (secondary N) is 1. The molecule has 1 fully saturated rings. The molecule has 0 radical (unpaired) electrons. The van der Waals surface area contributed by atoms with Crippen LogP contribution in [0.2, 0.25) is 0 Å². The highest BCUT2D eigenvalue weighted by Gasteiger charge is 2.30. The monoisotopic (exact) mass is 397 g/mol. The minimum Gasteiger partial charge on any atom is -0.444 e. The summed E-state index contributed by atoms with van der Waals surface area (Å²) in [6.45, 7) is 9.00. The first kappa shape index (κ1) is 19.4. The van der Waals surface area contributed by atoms with E-state index in [4.69, 9.17) is 9.72 Å². The molecular weight excluding hydrogens is 370 g/mol. The van der Waals surface area contributed by atoms with Crippen LogP contribution in [0.25, 0.3) is 22.6 Å². The van der Waals surface area contributed by atoms with E-state index in [1.54, 1.807) is 17.4 Å². The van der Waals surface area contributed by atoms with Crippen LogP contribution in [0.4, 0.5) is 4.79 Å². The van der Waals surface area contributed by atoms with Gasteiger partial charge in [-0.1, -0.05) is 0 Å². The summed E-state index contributed by atoms with van der Waals surface area (Å²) in [5.74, 6) is 1.14. The molecule has 1 amide bonds. The van der Waals surface area contributed by atoms with Gasteiger partial charge in [-0.25, -0.2) is 19.7 Å². The van der Waals surface area contributed by atoms with Crippen LogP contribution in [0.15, 0.2) is 12.5 Å². The zero-order chi connectivity index (χ0) is 20.8. The highest BCUT2D eigenvalue weighted by atomic mass is 16.6. The molecule has 0 aliphatic carbocycles. The molecule has 29 heavy (non-hydrogen) atoms. The van der Waals surface area contributed by atoms with Gasteiger partial charge in [-0.15, -0.1) is 0 Å². The second-order valence-electron chi connectivity index (χ2n) is 8.68. The number of carbonyl (C=O) groups excluding carboxylic acids is 1. The standard InChI is InChI=1S/C20H27N7O2/c1-12-14(9-23-25-12)17-24-16-15(21-11-22-18(16)26(17)5)8-13-6-7-27(10-13)19(28)29-20(2,3)4/h9,11,13H,6-8,10H2,1-5H3,(H,23,25). The first-order valence-electron chi connectivity index (χ1n) is 9.87. The molecule has 3 aromatic heterocycles. The van der Waals surface area contributed by atoms with Gasteiger partial charge in [0, 0.05) is 25.8 Å². The summed E-state index contributed by atoms with van der Waals surface area (Å²) in [7, 11) is 1.95. The molecule has 154 valence electrons. The van der Waals surface area contributed by atoms with Crippen molar-refractivity contribution in [1.82, 2.24) is 34.6 Å². The largest absolute Gasteiger partial charge is 0.444 e. The molecule has 0 saturated carbocycles. The Kier molecular flexibility index (Phi) is 4.76. The maximum Gasteiger partial charge on any atom is 0.410 e. The van der Waals surface area contributed by atoms with Crippen molar-refractivity contribution in [2.75, 3.05) is 13.1 Å². The van der Waals surface area contributed by atoms with Crippen LogP contribution in [-0.2, 0) is 18.2 Å². The molecule has 1 atom stereocenters. The lowest BCUT2D eigenvalue weighted by Gasteiger charge is -2.24. The Morgan fingerprint density at radius 3 is 2.83 bits per heavy atom. The van der Waals surface area contributed by atoms with Crippen molar-refractivity contribution in [3.8, 4) is 11.4 Å². The van der Waals surface area contributed by atoms with Crippen LogP contribution >= 0.6 is 0 Å². The van der Waals surface area contributed by atoms with Gasteiger partial charge in [-0.05, 0) is 46.5 Å². The van der Waals surface area contributed by atoms with E-state index in [9.17, 15) is 4.79 Å². The van der Waals surface area contributed by atoms with Crippen LogP contribution in [0, 0.1) is 12.8 Å². The Morgan fingerprint density at radius 2 is 2.14 bits per heavy atom. The molecule has 9 nitrogen and oxygen atoms in total. The summed E-state index contributed by atoms with van der Waals surface area (Å²) in [6.07, 6.45) is 4.79. The van der Waals surface area contributed by atoms with E-state index < -0.39 is 5.60 Å². The molecule has 9 heteroatoms. The number of amides is 1. The molecule has 1 N–H and O–H groups in total. The number of aryl methyl sites for hydroxylation is 2. The average Bonchev–Trinajstić information content (AvgIpc) is 3.34. The third-order valence-electron chi connectivity index (χ3n) is 5.22. The fourth-order valence-electron chi connectivity index (χ4n) is 3.78. The average molecular weight is 397 g/mol. The molecular formula is C20H27N7O2. The van der Waals surface area contributed by atoms with E-state index in [1.807, 2.05) is 39.3 Å². The molecule has 3 aromatic rings. The molecule has 1 unspecified atom stereocenters. The number of aromatic nitrogens is 6. The Labute approximate surface area is 169 Å². The van der Waals surface area contributed by atoms with E-state index in [2.05, 4.69) is 20.2 Å². The molecule has 4 heterocycles. The number of hydrogen-bond acceptors (Lipinski definition) is 6. The van der Waals surface area contributed by atoms with Gasteiger partial charge in [-0.3, -0.25) is 5.10 Å². The molecule has 1 aliphatic rings. The van der Waals surface area contributed by atoms with Crippen LogP contribution in [-0.4, -0.2) is 59.4 Å². The number of H-pyrrole nitrogens is 1. The van der Waals surface area contributed by atoms with Gasteiger partial charge in [0.1, 0.15) is 23.3 Å². The third-order valence-corrected chi connectivity index (χ3v) is 5.22. The molecule has 1 aliphatic heterocycles. The van der Waals surface area contributed by atoms with E-state index in [-0.39, 0.29) is 6.09 Å². The molecule has 4 rings (SSSR count). The zero-order valence-electron chi connectivity index (χ0n) is 17.6. The molecule has 1 saturated heterocycles. The molecule has 0 bridgehead atoms. The van der Waals surface area contributed by atoms with Gasteiger partial charge in [0.25, 0.3) is 0 Å². The number of nitrogens with zero attached hydrogens (tertiary/aromatic N) is 6. The lowest BCUT2D eigenvalue weighted by Crippen LogP contribution is -2.35. The van der Waals surface area contributed by atoms with Gasteiger partial charge in [-0.2, -0.15) is 5.10 Å². The molecule has 0 spiro atoms. The number of imidazole rings is 1. The number of rotatable bonds is 3. The number of fused-ring (bicyclic) bond motifs is 1. The zero-order valence-corrected chi connectivity index (χ0v) is 17.6. The normalized spacial score (nSPS) is 17.3. The van der Waals surface area contributed by atoms with E-state index in [0.29, 0.717) is 19.0 Å². The minimum absolute atomic E-state index is 0.247. The van der Waals surface area contributed by atoms with Crippen molar-refractivity contribution >= 4 is 17.3 Å². The number of hydrogen-bond donors (Lipinski definition) is 1. The van der Waals surface area contributed by atoms with Gasteiger partial charge in [0.2, 0.25) is 0 Å². The van der Waals surface area contributed by atoms with Crippen molar-refractivity contribution < 1.29 is 9.53 Å². The Bertz CT molecular complexity index is 1050. The SMILES string of the molecule is Cc1[nH]ncc1-c1nc2c(CC3CCN(C(=O)OC(C)(C)C)C3)ncnc2n1C. The minimum atomic E-state index is -0.483. The highest BCUT2D eigenvalue weighted by Crippen LogP contribution is 2.28. The number of likely N-dealkylation sites (tertiary alicyclic amines) is 1. The predicted octanol–water partition coefficient (Wildman–Crippen LogP) is 2.86. The Balaban J connectivity index is 1.55. The fraction of sp³-hybridized carbons (Fsp3) is 0.550. The number of aromatic amines is 1. The van der Waals surface area contributed by atoms with Crippen LogP contribution < -0.4 is 0 Å². The van der Waals surface area contributed by atoms with Gasteiger partial charge in [0.05, 0.1) is 17.5 Å². The second-order valence-corrected chi connectivity index (χ2v) is 8.68. The lowest BCUT2D eigenvalue weighted by atomic mass is 10.0. The smallest absolute Gasteiger partial charge is 0.410 e. The van der Waals surface area contributed by atoms with Crippen molar-refractivity contribution in [1.29, 1.82) is 0 Å². The van der Waals surface area contributed by atoms with Gasteiger partial charge >= 0.3 is 6.09 Å². The maximum atomic E-state index is 12.3. The maximum absolute atomic E-state index is 12.3. The summed E-state index contributed by atoms with van der Waals surface area (Å²) in [4.78, 5) is 27.9. The van der Waals surface area contributed by atoms with Gasteiger partial charge in [0.15, 0.2) is 5.65 Å². The first-order valence-corrected chi connectivity index (χ1v) is 9.87. The van der Waals surface area contributed by atoms with Crippen LogP contribution in [0.3, 0.4) is 0 Å². The summed E-state index contributed by atoms with van der Waals surface area (Å²) in [5.41, 5.74) is 3.95.